The molecule has 118 valence electrons. The van der Waals surface area contributed by atoms with Crippen molar-refractivity contribution in [2.45, 2.75) is 45.6 Å². The highest BCUT2D eigenvalue weighted by Crippen LogP contribution is 2.23. The summed E-state index contributed by atoms with van der Waals surface area (Å²) in [4.78, 5) is 25.4. The molecule has 2 rings (SSSR count). The van der Waals surface area contributed by atoms with Gasteiger partial charge in [0.15, 0.2) is 0 Å². The molecule has 4 heteroatoms. The fraction of sp³-hybridized carbons (Fsp3) is 0.444. The van der Waals surface area contributed by atoms with Gasteiger partial charge in [0.1, 0.15) is 5.60 Å². The zero-order chi connectivity index (χ0) is 16.2. The van der Waals surface area contributed by atoms with Gasteiger partial charge in [0.25, 0.3) is 5.91 Å². The number of rotatable bonds is 5. The molecule has 0 aliphatic carbocycles. The van der Waals surface area contributed by atoms with Crippen LogP contribution in [0.5, 0.6) is 0 Å². The number of hydrogen-bond donors (Lipinski definition) is 0. The van der Waals surface area contributed by atoms with Crippen molar-refractivity contribution in [3.05, 3.63) is 42.0 Å². The van der Waals surface area contributed by atoms with Crippen molar-refractivity contribution in [2.75, 3.05) is 11.4 Å². The topological polar surface area (TPSA) is 46.6 Å². The molecule has 0 radical (unpaired) electrons. The second kappa shape index (κ2) is 6.77. The first kappa shape index (κ1) is 16.3. The molecule has 1 aliphatic rings. The first-order chi connectivity index (χ1) is 10.3. The molecular weight excluding hydrogens is 278 g/mol. The maximum absolute atomic E-state index is 12.0. The minimum Gasteiger partial charge on any atom is -0.460 e. The van der Waals surface area contributed by atoms with Crippen LogP contribution in [0, 0.1) is 0 Å². The third-order valence-electron chi connectivity index (χ3n) is 3.32. The predicted molar refractivity (Wildman–Crippen MR) is 86.6 cm³/mol. The molecule has 0 atom stereocenters. The summed E-state index contributed by atoms with van der Waals surface area (Å²) in [5, 5.41) is 0. The Morgan fingerprint density at radius 1 is 1.23 bits per heavy atom. The number of carbonyl (C=O) groups excluding carboxylic acids is 2. The summed E-state index contributed by atoms with van der Waals surface area (Å²) in [6.45, 7) is 6.19. The van der Waals surface area contributed by atoms with Crippen LogP contribution >= 0.6 is 0 Å². The van der Waals surface area contributed by atoms with Gasteiger partial charge in [-0.2, -0.15) is 0 Å². The molecule has 0 saturated heterocycles. The summed E-state index contributed by atoms with van der Waals surface area (Å²) in [7, 11) is 0. The molecule has 1 aliphatic heterocycles. The van der Waals surface area contributed by atoms with E-state index in [9.17, 15) is 9.59 Å². The summed E-state index contributed by atoms with van der Waals surface area (Å²) in [6, 6.07) is 9.62. The van der Waals surface area contributed by atoms with Gasteiger partial charge in [0, 0.05) is 24.7 Å². The van der Waals surface area contributed by atoms with Crippen molar-refractivity contribution < 1.29 is 14.3 Å². The maximum atomic E-state index is 12.0. The van der Waals surface area contributed by atoms with Crippen molar-refractivity contribution in [1.29, 1.82) is 0 Å². The lowest BCUT2D eigenvalue weighted by molar-refractivity contribution is -0.154. The molecule has 0 saturated carbocycles. The van der Waals surface area contributed by atoms with Crippen LogP contribution in [0.25, 0.3) is 0 Å². The third-order valence-corrected chi connectivity index (χ3v) is 3.32. The van der Waals surface area contributed by atoms with E-state index in [0.29, 0.717) is 19.4 Å². The van der Waals surface area contributed by atoms with E-state index in [1.807, 2.05) is 51.1 Å². The van der Waals surface area contributed by atoms with Crippen molar-refractivity contribution in [3.8, 4) is 0 Å². The Balaban J connectivity index is 1.80. The van der Waals surface area contributed by atoms with E-state index in [1.165, 1.54) is 0 Å². The number of amides is 1. The van der Waals surface area contributed by atoms with Gasteiger partial charge in [-0.3, -0.25) is 9.59 Å². The molecule has 1 aromatic carbocycles. The SMILES string of the molecule is CC(C)(C)OC(=O)CCCC1=CC(=O)N(c2ccccc2)C1. The minimum atomic E-state index is -0.441. The Hall–Kier alpha value is -2.10. The number of esters is 1. The fourth-order valence-electron chi connectivity index (χ4n) is 2.41. The van der Waals surface area contributed by atoms with Crippen LogP contribution in [0.15, 0.2) is 42.0 Å². The molecule has 0 aromatic heterocycles. The van der Waals surface area contributed by atoms with Crippen LogP contribution in [-0.2, 0) is 14.3 Å². The van der Waals surface area contributed by atoms with Gasteiger partial charge in [0.2, 0.25) is 0 Å². The lowest BCUT2D eigenvalue weighted by Gasteiger charge is -2.19. The molecule has 0 spiro atoms. The Morgan fingerprint density at radius 2 is 1.91 bits per heavy atom. The van der Waals surface area contributed by atoms with Gasteiger partial charge in [0.05, 0.1) is 0 Å². The second-order valence-corrected chi connectivity index (χ2v) is 6.50. The molecule has 1 aromatic rings. The quantitative estimate of drug-likeness (QED) is 0.782. The van der Waals surface area contributed by atoms with Crippen LogP contribution in [0.3, 0.4) is 0 Å². The smallest absolute Gasteiger partial charge is 0.306 e. The third kappa shape index (κ3) is 4.72. The van der Waals surface area contributed by atoms with Gasteiger partial charge < -0.3 is 9.64 Å². The zero-order valence-electron chi connectivity index (χ0n) is 13.5. The second-order valence-electron chi connectivity index (χ2n) is 6.50. The number of hydrogen-bond acceptors (Lipinski definition) is 3. The Bertz CT molecular complexity index is 570. The van der Waals surface area contributed by atoms with E-state index >= 15 is 0 Å². The molecule has 4 nitrogen and oxygen atoms in total. The Kier molecular flexibility index (Phi) is 5.01. The predicted octanol–water partition coefficient (Wildman–Crippen LogP) is 3.47. The number of anilines is 1. The fourth-order valence-corrected chi connectivity index (χ4v) is 2.41. The average Bonchev–Trinajstić information content (AvgIpc) is 2.79. The van der Waals surface area contributed by atoms with Gasteiger partial charge in [-0.25, -0.2) is 0 Å². The average molecular weight is 301 g/mol. The van der Waals surface area contributed by atoms with Crippen molar-refractivity contribution in [2.24, 2.45) is 0 Å². The molecule has 22 heavy (non-hydrogen) atoms. The van der Waals surface area contributed by atoms with Crippen molar-refractivity contribution in [1.82, 2.24) is 0 Å². The van der Waals surface area contributed by atoms with Crippen LogP contribution in [0.4, 0.5) is 5.69 Å². The first-order valence-corrected chi connectivity index (χ1v) is 7.63. The lowest BCUT2D eigenvalue weighted by Crippen LogP contribution is -2.25. The zero-order valence-corrected chi connectivity index (χ0v) is 13.5. The minimum absolute atomic E-state index is 0.0125. The summed E-state index contributed by atoms with van der Waals surface area (Å²) in [5.41, 5.74) is 1.53. The van der Waals surface area contributed by atoms with E-state index in [4.69, 9.17) is 4.74 Å². The normalized spacial score (nSPS) is 15.0. The molecular formula is C18H23NO3. The van der Waals surface area contributed by atoms with Crippen LogP contribution in [0.2, 0.25) is 0 Å². The highest BCUT2D eigenvalue weighted by Gasteiger charge is 2.22. The van der Waals surface area contributed by atoms with E-state index in [1.54, 1.807) is 11.0 Å². The van der Waals surface area contributed by atoms with E-state index in [-0.39, 0.29) is 11.9 Å². The van der Waals surface area contributed by atoms with E-state index in [0.717, 1.165) is 17.7 Å². The molecule has 0 fully saturated rings. The van der Waals surface area contributed by atoms with E-state index < -0.39 is 5.60 Å². The molecule has 1 amide bonds. The molecule has 1 heterocycles. The van der Waals surface area contributed by atoms with Crippen LogP contribution < -0.4 is 4.90 Å². The number of carbonyl (C=O) groups is 2. The monoisotopic (exact) mass is 301 g/mol. The molecule has 0 unspecified atom stereocenters. The lowest BCUT2D eigenvalue weighted by atomic mass is 10.1. The summed E-state index contributed by atoms with van der Waals surface area (Å²) in [6.07, 6.45) is 3.52. The number of benzene rings is 1. The van der Waals surface area contributed by atoms with E-state index in [2.05, 4.69) is 0 Å². The van der Waals surface area contributed by atoms with Crippen LogP contribution in [-0.4, -0.2) is 24.0 Å². The van der Waals surface area contributed by atoms with Gasteiger partial charge in [-0.05, 0) is 51.3 Å². The van der Waals surface area contributed by atoms with Crippen LogP contribution in [0.1, 0.15) is 40.0 Å². The summed E-state index contributed by atoms with van der Waals surface area (Å²) < 4.78 is 5.28. The highest BCUT2D eigenvalue weighted by atomic mass is 16.6. The van der Waals surface area contributed by atoms with Gasteiger partial charge in [-0.1, -0.05) is 18.2 Å². The number of para-hydroxylation sites is 1. The van der Waals surface area contributed by atoms with Crippen molar-refractivity contribution >= 4 is 17.6 Å². The first-order valence-electron chi connectivity index (χ1n) is 7.63. The van der Waals surface area contributed by atoms with Gasteiger partial charge in [-0.15, -0.1) is 0 Å². The standard InChI is InChI=1S/C18H23NO3/c1-18(2,3)22-17(21)11-7-8-14-12-16(20)19(13-14)15-9-5-4-6-10-15/h4-6,9-10,12H,7-8,11,13H2,1-3H3. The Morgan fingerprint density at radius 3 is 2.55 bits per heavy atom. The van der Waals surface area contributed by atoms with Gasteiger partial charge >= 0.3 is 5.97 Å². The summed E-state index contributed by atoms with van der Waals surface area (Å²) in [5.74, 6) is -0.171. The van der Waals surface area contributed by atoms with Crippen molar-refractivity contribution in [3.63, 3.8) is 0 Å². The number of ether oxygens (including phenoxy) is 1. The summed E-state index contributed by atoms with van der Waals surface area (Å²) >= 11 is 0. The Labute approximate surface area is 131 Å². The number of nitrogens with zero attached hydrogens (tertiary/aromatic N) is 1. The molecule has 0 N–H and O–H groups in total. The molecule has 0 bridgehead atoms. The highest BCUT2D eigenvalue weighted by molar-refractivity contribution is 6.05. The maximum Gasteiger partial charge on any atom is 0.306 e. The largest absolute Gasteiger partial charge is 0.460 e.